The van der Waals surface area contributed by atoms with Crippen molar-refractivity contribution in [3.05, 3.63) is 45.0 Å². The monoisotopic (exact) mass is 334 g/mol. The SMILES string of the molecule is Cc1cnn(C)c1C(=O)N=c1sc2c(Cl)ccc(C)c2n1C. The Bertz CT molecular complexity index is 944. The third-order valence-corrected chi connectivity index (χ3v) is 5.21. The molecule has 5 nitrogen and oxygen atoms in total. The molecule has 0 saturated carbocycles. The summed E-state index contributed by atoms with van der Waals surface area (Å²) < 4.78 is 4.40. The Balaban J connectivity index is 2.23. The van der Waals surface area contributed by atoms with E-state index < -0.39 is 0 Å². The van der Waals surface area contributed by atoms with Crippen molar-refractivity contribution in [2.24, 2.45) is 19.1 Å². The molecule has 0 aliphatic rings. The predicted octanol–water partition coefficient (Wildman–Crippen LogP) is 2.98. The van der Waals surface area contributed by atoms with Gasteiger partial charge in [-0.05, 0) is 25.5 Å². The number of thiazole rings is 1. The lowest BCUT2D eigenvalue weighted by Crippen LogP contribution is -2.15. The zero-order valence-corrected chi connectivity index (χ0v) is 14.3. The molecule has 0 N–H and O–H groups in total. The Morgan fingerprint density at radius 3 is 2.59 bits per heavy atom. The van der Waals surface area contributed by atoms with Crippen molar-refractivity contribution in [3.8, 4) is 0 Å². The van der Waals surface area contributed by atoms with Crippen LogP contribution in [0.1, 0.15) is 21.6 Å². The summed E-state index contributed by atoms with van der Waals surface area (Å²) in [5, 5.41) is 4.76. The van der Waals surface area contributed by atoms with Gasteiger partial charge in [-0.15, -0.1) is 0 Å². The summed E-state index contributed by atoms with van der Waals surface area (Å²) in [5.74, 6) is -0.298. The third kappa shape index (κ3) is 2.28. The van der Waals surface area contributed by atoms with Gasteiger partial charge in [0.15, 0.2) is 4.80 Å². The maximum absolute atomic E-state index is 12.4. The van der Waals surface area contributed by atoms with E-state index in [1.165, 1.54) is 11.3 Å². The van der Waals surface area contributed by atoms with E-state index in [0.717, 1.165) is 21.3 Å². The topological polar surface area (TPSA) is 52.2 Å². The van der Waals surface area contributed by atoms with E-state index in [-0.39, 0.29) is 5.91 Å². The maximum Gasteiger partial charge on any atom is 0.298 e. The standard InChI is InChI=1S/C15H15ClN4OS/c1-8-5-6-10(16)13-11(8)19(3)15(22-13)18-14(21)12-9(2)7-17-20(12)4/h5-7H,1-4H3. The van der Waals surface area contributed by atoms with Crippen molar-refractivity contribution in [2.75, 3.05) is 0 Å². The van der Waals surface area contributed by atoms with Crippen LogP contribution in [0, 0.1) is 13.8 Å². The number of aryl methyl sites for hydroxylation is 4. The molecule has 1 aromatic carbocycles. The Morgan fingerprint density at radius 2 is 2.00 bits per heavy atom. The summed E-state index contributed by atoms with van der Waals surface area (Å²) in [5.41, 5.74) is 3.42. The quantitative estimate of drug-likeness (QED) is 0.687. The van der Waals surface area contributed by atoms with Crippen LogP contribution < -0.4 is 4.80 Å². The number of fused-ring (bicyclic) bond motifs is 1. The second-order valence-electron chi connectivity index (χ2n) is 5.20. The first-order valence-corrected chi connectivity index (χ1v) is 7.92. The van der Waals surface area contributed by atoms with Crippen molar-refractivity contribution in [2.45, 2.75) is 13.8 Å². The lowest BCUT2D eigenvalue weighted by atomic mass is 10.2. The molecule has 0 aliphatic carbocycles. The van der Waals surface area contributed by atoms with E-state index in [9.17, 15) is 4.79 Å². The van der Waals surface area contributed by atoms with Crippen LogP contribution in [0.2, 0.25) is 5.02 Å². The van der Waals surface area contributed by atoms with Gasteiger partial charge in [0.05, 0.1) is 21.4 Å². The number of nitrogens with zero attached hydrogens (tertiary/aromatic N) is 4. The van der Waals surface area contributed by atoms with E-state index >= 15 is 0 Å². The largest absolute Gasteiger partial charge is 0.319 e. The number of halogens is 1. The Kier molecular flexibility index (Phi) is 3.66. The molecule has 1 amide bonds. The van der Waals surface area contributed by atoms with Gasteiger partial charge in [-0.3, -0.25) is 9.48 Å². The van der Waals surface area contributed by atoms with E-state index in [0.29, 0.717) is 15.5 Å². The first kappa shape index (κ1) is 15.0. The van der Waals surface area contributed by atoms with Crippen molar-refractivity contribution >= 4 is 39.1 Å². The van der Waals surface area contributed by atoms with Crippen LogP contribution in [-0.4, -0.2) is 20.3 Å². The van der Waals surface area contributed by atoms with Gasteiger partial charge in [0.25, 0.3) is 5.91 Å². The lowest BCUT2D eigenvalue weighted by molar-refractivity contribution is 0.0988. The molecule has 0 bridgehead atoms. The molecule has 0 radical (unpaired) electrons. The molecule has 0 unspecified atom stereocenters. The number of rotatable bonds is 1. The Morgan fingerprint density at radius 1 is 1.27 bits per heavy atom. The number of amides is 1. The van der Waals surface area contributed by atoms with Crippen molar-refractivity contribution in [1.29, 1.82) is 0 Å². The van der Waals surface area contributed by atoms with Crippen LogP contribution in [-0.2, 0) is 14.1 Å². The van der Waals surface area contributed by atoms with Crippen LogP contribution in [0.25, 0.3) is 10.2 Å². The molecule has 0 atom stereocenters. The van der Waals surface area contributed by atoms with E-state index in [1.807, 2.05) is 37.6 Å². The van der Waals surface area contributed by atoms with Gasteiger partial charge >= 0.3 is 0 Å². The zero-order chi connectivity index (χ0) is 16.0. The first-order chi connectivity index (χ1) is 10.4. The summed E-state index contributed by atoms with van der Waals surface area (Å²) in [6.07, 6.45) is 1.66. The molecule has 0 spiro atoms. The molecule has 2 heterocycles. The van der Waals surface area contributed by atoms with Crippen LogP contribution >= 0.6 is 22.9 Å². The lowest BCUT2D eigenvalue weighted by Gasteiger charge is -2.01. The zero-order valence-electron chi connectivity index (χ0n) is 12.7. The van der Waals surface area contributed by atoms with E-state index in [2.05, 4.69) is 10.1 Å². The fourth-order valence-corrected chi connectivity index (χ4v) is 3.87. The van der Waals surface area contributed by atoms with Gasteiger partial charge < -0.3 is 4.57 Å². The normalized spacial score (nSPS) is 12.3. The van der Waals surface area contributed by atoms with Crippen molar-refractivity contribution in [3.63, 3.8) is 0 Å². The van der Waals surface area contributed by atoms with Gasteiger partial charge in [0.2, 0.25) is 0 Å². The molecule has 7 heteroatoms. The highest BCUT2D eigenvalue weighted by Crippen LogP contribution is 2.28. The van der Waals surface area contributed by atoms with Gasteiger partial charge in [-0.25, -0.2) is 0 Å². The van der Waals surface area contributed by atoms with Gasteiger partial charge in [-0.1, -0.05) is 29.0 Å². The number of aromatic nitrogens is 3. The molecule has 22 heavy (non-hydrogen) atoms. The number of hydrogen-bond acceptors (Lipinski definition) is 3. The van der Waals surface area contributed by atoms with Crippen LogP contribution in [0.5, 0.6) is 0 Å². The molecule has 3 rings (SSSR count). The number of carbonyl (C=O) groups is 1. The third-order valence-electron chi connectivity index (χ3n) is 3.62. The molecule has 114 valence electrons. The minimum atomic E-state index is -0.298. The first-order valence-electron chi connectivity index (χ1n) is 6.72. The molecule has 3 aromatic rings. The highest BCUT2D eigenvalue weighted by molar-refractivity contribution is 7.17. The van der Waals surface area contributed by atoms with Crippen LogP contribution in [0.4, 0.5) is 0 Å². The van der Waals surface area contributed by atoms with Crippen LogP contribution in [0.3, 0.4) is 0 Å². The highest BCUT2D eigenvalue weighted by atomic mass is 35.5. The van der Waals surface area contributed by atoms with E-state index in [1.54, 1.807) is 17.9 Å². The fourth-order valence-electron chi connectivity index (χ4n) is 2.51. The number of carbonyl (C=O) groups excluding carboxylic acids is 1. The Hall–Kier alpha value is -1.92. The minimum absolute atomic E-state index is 0.298. The minimum Gasteiger partial charge on any atom is -0.319 e. The average Bonchev–Trinajstić information content (AvgIpc) is 2.96. The summed E-state index contributed by atoms with van der Waals surface area (Å²) in [7, 11) is 3.63. The second kappa shape index (κ2) is 5.37. The van der Waals surface area contributed by atoms with Crippen molar-refractivity contribution < 1.29 is 4.79 Å². The number of benzene rings is 1. The highest BCUT2D eigenvalue weighted by Gasteiger charge is 2.15. The maximum atomic E-state index is 12.4. The van der Waals surface area contributed by atoms with Crippen molar-refractivity contribution in [1.82, 2.24) is 14.3 Å². The molecule has 0 aliphatic heterocycles. The molecule has 2 aromatic heterocycles. The summed E-state index contributed by atoms with van der Waals surface area (Å²) in [6, 6.07) is 3.83. The smallest absolute Gasteiger partial charge is 0.298 e. The summed E-state index contributed by atoms with van der Waals surface area (Å²) >= 11 is 7.67. The van der Waals surface area contributed by atoms with Gasteiger partial charge in [0.1, 0.15) is 5.69 Å². The molecular formula is C15H15ClN4OS. The summed E-state index contributed by atoms with van der Waals surface area (Å²) in [6.45, 7) is 3.87. The second-order valence-corrected chi connectivity index (χ2v) is 6.59. The van der Waals surface area contributed by atoms with Crippen LogP contribution in [0.15, 0.2) is 23.3 Å². The number of hydrogen-bond donors (Lipinski definition) is 0. The predicted molar refractivity (Wildman–Crippen MR) is 88.4 cm³/mol. The average molecular weight is 335 g/mol. The fraction of sp³-hybridized carbons (Fsp3) is 0.267. The van der Waals surface area contributed by atoms with Gasteiger partial charge in [-0.2, -0.15) is 10.1 Å². The molecule has 0 fully saturated rings. The molecule has 0 saturated heterocycles. The molecular weight excluding hydrogens is 320 g/mol. The van der Waals surface area contributed by atoms with E-state index in [4.69, 9.17) is 11.6 Å². The Labute approximate surface area is 136 Å². The summed E-state index contributed by atoms with van der Waals surface area (Å²) in [4.78, 5) is 17.3. The van der Waals surface area contributed by atoms with Gasteiger partial charge in [0, 0.05) is 19.7 Å².